The van der Waals surface area contributed by atoms with Gasteiger partial charge in [-0.3, -0.25) is 10.7 Å². The number of carbonyl (C=O) groups excluding carboxylic acids is 1. The minimum atomic E-state index is -0.284. The Balaban J connectivity index is 1.98. The van der Waals surface area contributed by atoms with Gasteiger partial charge in [-0.05, 0) is 30.2 Å². The van der Waals surface area contributed by atoms with Crippen LogP contribution >= 0.6 is 0 Å². The summed E-state index contributed by atoms with van der Waals surface area (Å²) in [4.78, 5) is 13.3. The molecule has 94 valence electrons. The molecule has 5 nitrogen and oxygen atoms in total. The van der Waals surface area contributed by atoms with Crippen molar-refractivity contribution in [2.75, 3.05) is 13.2 Å². The molecule has 0 bridgehead atoms. The molecule has 0 aromatic heterocycles. The molecule has 0 aliphatic carbocycles. The largest absolute Gasteiger partial charge is 0.493 e. The zero-order valence-corrected chi connectivity index (χ0v) is 10.2. The van der Waals surface area contributed by atoms with Crippen molar-refractivity contribution in [1.82, 2.24) is 10.2 Å². The van der Waals surface area contributed by atoms with Crippen LogP contribution in [-0.4, -0.2) is 29.9 Å². The second-order valence-electron chi connectivity index (χ2n) is 4.50. The Kier molecular flexibility index (Phi) is 2.47. The topological polar surface area (TPSA) is 65.4 Å². The fraction of sp³-hybridized carbons (Fsp3) is 0.385. The number of nitrogens with one attached hydrogen (secondary N) is 2. The highest BCUT2D eigenvalue weighted by Gasteiger charge is 2.36. The predicted octanol–water partition coefficient (Wildman–Crippen LogP) is 1.68. The molecule has 2 aliphatic heterocycles. The molecule has 2 amide bonds. The number of hydrogen-bond acceptors (Lipinski definition) is 3. The monoisotopic (exact) mass is 245 g/mol. The van der Waals surface area contributed by atoms with E-state index in [4.69, 9.17) is 10.1 Å². The molecule has 0 saturated carbocycles. The molecule has 2 N–H and O–H groups in total. The predicted molar refractivity (Wildman–Crippen MR) is 67.0 cm³/mol. The van der Waals surface area contributed by atoms with Crippen LogP contribution in [0.5, 0.6) is 5.75 Å². The Morgan fingerprint density at radius 2 is 2.39 bits per heavy atom. The molecule has 1 saturated heterocycles. The lowest BCUT2D eigenvalue weighted by atomic mass is 10.0. The van der Waals surface area contributed by atoms with Crippen molar-refractivity contribution < 1.29 is 9.53 Å². The molecule has 1 aromatic rings. The zero-order valence-electron chi connectivity index (χ0n) is 10.2. The van der Waals surface area contributed by atoms with Gasteiger partial charge in [0.25, 0.3) is 0 Å². The number of rotatable bonds is 2. The SMILES string of the molecule is CCN1C(=O)NC(=N)C1c1ccc2c(c1)CCO2. The van der Waals surface area contributed by atoms with Gasteiger partial charge < -0.3 is 9.64 Å². The minimum Gasteiger partial charge on any atom is -0.493 e. The van der Waals surface area contributed by atoms with Crippen LogP contribution in [0.15, 0.2) is 18.2 Å². The summed E-state index contributed by atoms with van der Waals surface area (Å²) in [6, 6.07) is 5.44. The van der Waals surface area contributed by atoms with Crippen molar-refractivity contribution in [3.05, 3.63) is 29.3 Å². The second-order valence-corrected chi connectivity index (χ2v) is 4.50. The van der Waals surface area contributed by atoms with Gasteiger partial charge >= 0.3 is 6.03 Å². The van der Waals surface area contributed by atoms with E-state index in [-0.39, 0.29) is 17.9 Å². The van der Waals surface area contributed by atoms with Gasteiger partial charge in [-0.15, -0.1) is 0 Å². The van der Waals surface area contributed by atoms with Gasteiger partial charge in [0.1, 0.15) is 17.6 Å². The van der Waals surface area contributed by atoms with E-state index in [1.807, 2.05) is 25.1 Å². The Morgan fingerprint density at radius 1 is 1.56 bits per heavy atom. The molecule has 1 aromatic carbocycles. The summed E-state index contributed by atoms with van der Waals surface area (Å²) in [6.07, 6.45) is 0.900. The van der Waals surface area contributed by atoms with Gasteiger partial charge in [0, 0.05) is 13.0 Å². The fourth-order valence-electron chi connectivity index (χ4n) is 2.58. The summed E-state index contributed by atoms with van der Waals surface area (Å²) in [5, 5.41) is 10.5. The fourth-order valence-corrected chi connectivity index (χ4v) is 2.58. The smallest absolute Gasteiger partial charge is 0.323 e. The van der Waals surface area contributed by atoms with Crippen molar-refractivity contribution in [3.63, 3.8) is 0 Å². The van der Waals surface area contributed by atoms with Gasteiger partial charge in [-0.2, -0.15) is 0 Å². The van der Waals surface area contributed by atoms with Crippen LogP contribution in [0.1, 0.15) is 24.1 Å². The zero-order chi connectivity index (χ0) is 12.7. The van der Waals surface area contributed by atoms with Crippen molar-refractivity contribution in [1.29, 1.82) is 5.41 Å². The number of amides is 2. The average molecular weight is 245 g/mol. The van der Waals surface area contributed by atoms with E-state index in [0.717, 1.165) is 29.9 Å². The van der Waals surface area contributed by atoms with Gasteiger partial charge in [-0.25, -0.2) is 4.79 Å². The normalized spacial score (nSPS) is 21.8. The number of fused-ring (bicyclic) bond motifs is 1. The average Bonchev–Trinajstić information content (AvgIpc) is 2.91. The first-order valence-corrected chi connectivity index (χ1v) is 6.12. The van der Waals surface area contributed by atoms with E-state index >= 15 is 0 Å². The molecule has 0 spiro atoms. The summed E-state index contributed by atoms with van der Waals surface area (Å²) >= 11 is 0. The van der Waals surface area contributed by atoms with Crippen molar-refractivity contribution in [2.45, 2.75) is 19.4 Å². The molecule has 1 unspecified atom stereocenters. The highest BCUT2D eigenvalue weighted by molar-refractivity contribution is 6.06. The quantitative estimate of drug-likeness (QED) is 0.832. The molecule has 2 heterocycles. The molecule has 2 aliphatic rings. The van der Waals surface area contributed by atoms with Crippen LogP contribution in [0.25, 0.3) is 0 Å². The molecule has 1 fully saturated rings. The van der Waals surface area contributed by atoms with E-state index < -0.39 is 0 Å². The molecular formula is C13H15N3O2. The molecule has 5 heteroatoms. The number of amidine groups is 1. The summed E-state index contributed by atoms with van der Waals surface area (Å²) in [5.41, 5.74) is 2.14. The number of likely N-dealkylation sites (N-methyl/N-ethyl adjacent to an activating group) is 1. The number of ether oxygens (including phenoxy) is 1. The lowest BCUT2D eigenvalue weighted by Gasteiger charge is -2.21. The van der Waals surface area contributed by atoms with Crippen molar-refractivity contribution in [3.8, 4) is 5.75 Å². The molecule has 0 radical (unpaired) electrons. The highest BCUT2D eigenvalue weighted by atomic mass is 16.5. The minimum absolute atomic E-state index is 0.191. The number of hydrogen-bond donors (Lipinski definition) is 2. The Hall–Kier alpha value is -2.04. The van der Waals surface area contributed by atoms with E-state index in [1.54, 1.807) is 4.90 Å². The van der Waals surface area contributed by atoms with Crippen LogP contribution < -0.4 is 10.1 Å². The first-order valence-electron chi connectivity index (χ1n) is 6.12. The Bertz CT molecular complexity index is 527. The van der Waals surface area contributed by atoms with Crippen molar-refractivity contribution in [2.24, 2.45) is 0 Å². The van der Waals surface area contributed by atoms with Crippen LogP contribution in [0, 0.1) is 5.41 Å². The maximum atomic E-state index is 11.7. The number of urea groups is 1. The van der Waals surface area contributed by atoms with Crippen molar-refractivity contribution >= 4 is 11.9 Å². The number of benzene rings is 1. The van der Waals surface area contributed by atoms with Gasteiger partial charge in [0.05, 0.1) is 6.61 Å². The van der Waals surface area contributed by atoms with E-state index in [0.29, 0.717) is 6.54 Å². The summed E-state index contributed by atoms with van der Waals surface area (Å²) in [7, 11) is 0. The van der Waals surface area contributed by atoms with Crippen LogP contribution in [-0.2, 0) is 6.42 Å². The number of nitrogens with zero attached hydrogens (tertiary/aromatic N) is 1. The molecule has 1 atom stereocenters. The molecule has 3 rings (SSSR count). The highest BCUT2D eigenvalue weighted by Crippen LogP contribution is 2.32. The Labute approximate surface area is 105 Å². The van der Waals surface area contributed by atoms with Gasteiger partial charge in [0.2, 0.25) is 0 Å². The van der Waals surface area contributed by atoms with Gasteiger partial charge in [-0.1, -0.05) is 6.07 Å². The van der Waals surface area contributed by atoms with E-state index in [1.165, 1.54) is 0 Å². The van der Waals surface area contributed by atoms with Gasteiger partial charge in [0.15, 0.2) is 0 Å². The standard InChI is InChI=1S/C13H15N3O2/c1-2-16-11(12(14)15-13(16)17)9-3-4-10-8(7-9)5-6-18-10/h3-4,7,11H,2,5-6H2,1H3,(H2,14,15,17). The third-order valence-electron chi connectivity index (χ3n) is 3.46. The lowest BCUT2D eigenvalue weighted by molar-refractivity contribution is 0.209. The first-order chi connectivity index (χ1) is 8.70. The second kappa shape index (κ2) is 4.01. The maximum Gasteiger partial charge on any atom is 0.323 e. The summed E-state index contributed by atoms with van der Waals surface area (Å²) in [6.45, 7) is 3.23. The van der Waals surface area contributed by atoms with Crippen LogP contribution in [0.4, 0.5) is 4.79 Å². The van der Waals surface area contributed by atoms with E-state index in [9.17, 15) is 4.79 Å². The third-order valence-corrected chi connectivity index (χ3v) is 3.46. The lowest BCUT2D eigenvalue weighted by Crippen LogP contribution is -2.29. The van der Waals surface area contributed by atoms with Crippen LogP contribution in [0.3, 0.4) is 0 Å². The maximum absolute atomic E-state index is 11.7. The van der Waals surface area contributed by atoms with E-state index in [2.05, 4.69) is 5.32 Å². The first kappa shape index (κ1) is 11.1. The summed E-state index contributed by atoms with van der Waals surface area (Å²) < 4.78 is 5.47. The number of carbonyl (C=O) groups is 1. The molecular weight excluding hydrogens is 230 g/mol. The van der Waals surface area contributed by atoms with Crippen LogP contribution in [0.2, 0.25) is 0 Å². The third kappa shape index (κ3) is 1.54. The molecule has 18 heavy (non-hydrogen) atoms. The summed E-state index contributed by atoms with van der Waals surface area (Å²) in [5.74, 6) is 1.17. The Morgan fingerprint density at radius 3 is 3.17 bits per heavy atom.